The Labute approximate surface area is 195 Å². The van der Waals surface area contributed by atoms with Gasteiger partial charge in [-0.15, -0.1) is 0 Å². The fourth-order valence-corrected chi connectivity index (χ4v) is 6.82. The molecule has 163 valence electrons. The normalized spacial score (nSPS) is 19.3. The van der Waals surface area contributed by atoms with Crippen molar-refractivity contribution in [3.8, 4) is 0 Å². The Bertz CT molecular complexity index is 495. The fraction of sp³-hybridized carbons (Fsp3) is 0.840. The summed E-state index contributed by atoms with van der Waals surface area (Å²) in [6, 6.07) is 0. The van der Waals surface area contributed by atoms with Gasteiger partial charge < -0.3 is 4.90 Å². The molecule has 28 heavy (non-hydrogen) atoms. The van der Waals surface area contributed by atoms with Crippen molar-refractivity contribution >= 4 is 8.80 Å². The van der Waals surface area contributed by atoms with Gasteiger partial charge in [0.15, 0.2) is 0 Å². The van der Waals surface area contributed by atoms with E-state index in [4.69, 9.17) is 0 Å². The second kappa shape index (κ2) is 15.2. The molecule has 0 saturated heterocycles. The third-order valence-electron chi connectivity index (χ3n) is 7.13. The van der Waals surface area contributed by atoms with E-state index in [9.17, 15) is 0 Å². The standard InChI is InChI=1S/C24H47NSi.CH3.Hf/c1-9-10-11-12-13-14-15-16-17-18-19-25(6)23-21(3)20(2)22(4)24(23,5)26(7)8;;/h26H,9-19H2,1-8H3;1H3;. The van der Waals surface area contributed by atoms with Crippen LogP contribution in [0.25, 0.3) is 0 Å². The van der Waals surface area contributed by atoms with E-state index in [0.29, 0.717) is 5.04 Å². The van der Waals surface area contributed by atoms with Gasteiger partial charge in [0.25, 0.3) is 0 Å². The van der Waals surface area contributed by atoms with E-state index < -0.39 is 8.80 Å². The van der Waals surface area contributed by atoms with Crippen LogP contribution in [0, 0.1) is 0 Å². The molecule has 1 nitrogen and oxygen atoms in total. The molecule has 0 N–H and O–H groups in total. The van der Waals surface area contributed by atoms with Crippen LogP contribution >= 0.6 is 0 Å². The van der Waals surface area contributed by atoms with Gasteiger partial charge in [-0.25, -0.2) is 0 Å². The molecule has 0 fully saturated rings. The SMILES string of the molecule is CCCCCCCCCCCCN(C)C1=C(C)C(C)=C(C)C1(C)[SiH](C)C.[CH3][Hf]. The third-order valence-corrected chi connectivity index (χ3v) is 10.2. The summed E-state index contributed by atoms with van der Waals surface area (Å²) in [6.45, 7) is 18.1. The summed E-state index contributed by atoms with van der Waals surface area (Å²) in [5.41, 5.74) is 6.39. The number of allylic oxidation sites excluding steroid dienone is 3. The van der Waals surface area contributed by atoms with E-state index in [1.54, 1.807) is 22.4 Å². The topological polar surface area (TPSA) is 3.24 Å². The Kier molecular flexibility index (Phi) is 15.4. The van der Waals surface area contributed by atoms with Crippen LogP contribution in [0.15, 0.2) is 22.4 Å². The first-order chi connectivity index (χ1) is 13.3. The summed E-state index contributed by atoms with van der Waals surface area (Å²) < 4.78 is 2.14. The Balaban J connectivity index is 0.00000352. The molecular weight excluding hydrogens is 521 g/mol. The van der Waals surface area contributed by atoms with E-state index in [1.165, 1.54) is 95.1 Å². The van der Waals surface area contributed by atoms with Crippen molar-refractivity contribution in [1.82, 2.24) is 4.90 Å². The van der Waals surface area contributed by atoms with Crippen LogP contribution in [0.1, 0.15) is 98.8 Å². The first-order valence-electron chi connectivity index (χ1n) is 11.9. The van der Waals surface area contributed by atoms with Gasteiger partial charge in [0.2, 0.25) is 0 Å². The minimum absolute atomic E-state index is 0.349. The minimum atomic E-state index is -0.813. The van der Waals surface area contributed by atoms with Crippen LogP contribution in [0.4, 0.5) is 0 Å². The van der Waals surface area contributed by atoms with Gasteiger partial charge >= 0.3 is 29.1 Å². The van der Waals surface area contributed by atoms with Gasteiger partial charge in [-0.2, -0.15) is 0 Å². The zero-order valence-electron chi connectivity index (χ0n) is 20.8. The Hall–Kier alpha value is 0.367. The monoisotopic (exact) mass is 572 g/mol. The zero-order chi connectivity index (χ0) is 21.7. The molecule has 0 heterocycles. The van der Waals surface area contributed by atoms with Gasteiger partial charge in [-0.1, -0.05) is 90.3 Å². The van der Waals surface area contributed by atoms with Gasteiger partial charge in [-0.05, 0) is 38.3 Å². The Morgan fingerprint density at radius 2 is 1.21 bits per heavy atom. The average molecular weight is 571 g/mol. The molecule has 0 aliphatic heterocycles. The summed E-state index contributed by atoms with van der Waals surface area (Å²) in [5, 5.41) is 0.349. The maximum atomic E-state index is 2.60. The van der Waals surface area contributed by atoms with Crippen LogP contribution in [-0.2, 0) is 24.4 Å². The van der Waals surface area contributed by atoms with Crippen molar-refractivity contribution in [1.29, 1.82) is 0 Å². The van der Waals surface area contributed by atoms with Crippen molar-refractivity contribution in [2.24, 2.45) is 0 Å². The Morgan fingerprint density at radius 1 is 0.786 bits per heavy atom. The Morgan fingerprint density at radius 3 is 1.64 bits per heavy atom. The quantitative estimate of drug-likeness (QED) is 0.159. The number of unbranched alkanes of at least 4 members (excludes halogenated alkanes) is 9. The number of rotatable bonds is 13. The van der Waals surface area contributed by atoms with Gasteiger partial charge in [0.05, 0.1) is 0 Å². The molecule has 0 aromatic carbocycles. The van der Waals surface area contributed by atoms with Crippen molar-refractivity contribution < 1.29 is 24.4 Å². The zero-order valence-corrected chi connectivity index (χ0v) is 25.6. The molecule has 0 aromatic heterocycles. The van der Waals surface area contributed by atoms with Gasteiger partial charge in [-0.3, -0.25) is 0 Å². The molecule has 0 saturated carbocycles. The summed E-state index contributed by atoms with van der Waals surface area (Å²) in [6.07, 6.45) is 14.2. The second-order valence-corrected chi connectivity index (χ2v) is 12.6. The van der Waals surface area contributed by atoms with Crippen LogP contribution in [0.3, 0.4) is 0 Å². The molecule has 0 aromatic rings. The predicted octanol–water partition coefficient (Wildman–Crippen LogP) is 8.29. The van der Waals surface area contributed by atoms with Crippen molar-refractivity contribution in [2.75, 3.05) is 13.6 Å². The predicted molar refractivity (Wildman–Crippen MR) is 129 cm³/mol. The first kappa shape index (κ1) is 28.4. The van der Waals surface area contributed by atoms with E-state index in [-0.39, 0.29) is 0 Å². The van der Waals surface area contributed by atoms with E-state index in [1.807, 2.05) is 0 Å². The first-order valence-corrected chi connectivity index (χ1v) is 18.4. The molecular formula is C25H50HfNSi. The van der Waals surface area contributed by atoms with Crippen LogP contribution in [0.5, 0.6) is 0 Å². The molecule has 3 heteroatoms. The summed E-state index contributed by atoms with van der Waals surface area (Å²) in [4.78, 5) is 2.60. The van der Waals surface area contributed by atoms with Crippen LogP contribution in [0.2, 0.25) is 22.8 Å². The third kappa shape index (κ3) is 7.89. The van der Waals surface area contributed by atoms with Crippen LogP contribution in [-0.4, -0.2) is 27.3 Å². The summed E-state index contributed by atoms with van der Waals surface area (Å²) in [5.74, 6) is 0. The van der Waals surface area contributed by atoms with Crippen molar-refractivity contribution in [3.05, 3.63) is 22.4 Å². The molecule has 0 bridgehead atoms. The summed E-state index contributed by atoms with van der Waals surface area (Å²) in [7, 11) is 1.53. The second-order valence-electron chi connectivity index (χ2n) is 9.18. The van der Waals surface area contributed by atoms with Crippen LogP contribution < -0.4 is 0 Å². The van der Waals surface area contributed by atoms with E-state index >= 15 is 0 Å². The average Bonchev–Trinajstić information content (AvgIpc) is 2.86. The molecule has 1 aliphatic carbocycles. The molecule has 1 unspecified atom stereocenters. The molecule has 1 rings (SSSR count). The number of nitrogens with zero attached hydrogens (tertiary/aromatic N) is 1. The van der Waals surface area contributed by atoms with E-state index in [2.05, 4.69) is 64.3 Å². The summed E-state index contributed by atoms with van der Waals surface area (Å²) >= 11 is 1.31. The molecule has 1 aliphatic rings. The van der Waals surface area contributed by atoms with Gasteiger partial charge in [0, 0.05) is 33.1 Å². The fourth-order valence-electron chi connectivity index (χ4n) is 4.75. The number of hydrogen-bond acceptors (Lipinski definition) is 1. The van der Waals surface area contributed by atoms with Crippen molar-refractivity contribution in [3.63, 3.8) is 0 Å². The number of hydrogen-bond donors (Lipinski definition) is 0. The van der Waals surface area contributed by atoms with Gasteiger partial charge in [0.1, 0.15) is 0 Å². The molecule has 0 amide bonds. The molecule has 0 spiro atoms. The van der Waals surface area contributed by atoms with Crippen molar-refractivity contribution in [2.45, 2.75) is 122 Å². The maximum absolute atomic E-state index is 2.60. The van der Waals surface area contributed by atoms with E-state index in [0.717, 1.165) is 0 Å². The molecule has 1 atom stereocenters. The molecule has 0 radical (unpaired) electrons.